The van der Waals surface area contributed by atoms with Crippen molar-refractivity contribution in [2.24, 2.45) is 5.73 Å². The van der Waals surface area contributed by atoms with Crippen molar-refractivity contribution in [3.05, 3.63) is 23.8 Å². The van der Waals surface area contributed by atoms with Gasteiger partial charge in [-0.3, -0.25) is 0 Å². The van der Waals surface area contributed by atoms with Crippen LogP contribution in [0.3, 0.4) is 0 Å². The van der Waals surface area contributed by atoms with E-state index in [-0.39, 0.29) is 6.04 Å². The maximum Gasteiger partial charge on any atom is 0.161 e. The van der Waals surface area contributed by atoms with Gasteiger partial charge in [0.05, 0.1) is 13.7 Å². The standard InChI is InChI=1S/C12H18BrNO2/c1-9(14)7-10-3-4-11(16-6-5-13)12(8-10)15-2/h3-4,8-9H,5-7,14H2,1-2H3. The van der Waals surface area contributed by atoms with E-state index < -0.39 is 0 Å². The number of benzene rings is 1. The second-order valence-electron chi connectivity index (χ2n) is 3.70. The van der Waals surface area contributed by atoms with E-state index in [4.69, 9.17) is 15.2 Å². The zero-order valence-corrected chi connectivity index (χ0v) is 11.3. The van der Waals surface area contributed by atoms with Crippen LogP contribution in [0.15, 0.2) is 18.2 Å². The normalized spacial score (nSPS) is 12.2. The van der Waals surface area contributed by atoms with Crippen LogP contribution in [0.2, 0.25) is 0 Å². The van der Waals surface area contributed by atoms with Gasteiger partial charge in [-0.05, 0) is 31.0 Å². The monoisotopic (exact) mass is 287 g/mol. The van der Waals surface area contributed by atoms with E-state index >= 15 is 0 Å². The third-order valence-corrected chi connectivity index (χ3v) is 2.44. The Kier molecular flexibility index (Phi) is 5.63. The van der Waals surface area contributed by atoms with Gasteiger partial charge in [-0.2, -0.15) is 0 Å². The van der Waals surface area contributed by atoms with E-state index in [0.29, 0.717) is 6.61 Å². The highest BCUT2D eigenvalue weighted by Gasteiger charge is 2.06. The lowest BCUT2D eigenvalue weighted by atomic mass is 10.1. The first-order chi connectivity index (χ1) is 7.67. The summed E-state index contributed by atoms with van der Waals surface area (Å²) in [5, 5.41) is 0.803. The molecule has 0 radical (unpaired) electrons. The molecule has 1 unspecified atom stereocenters. The van der Waals surface area contributed by atoms with Crippen molar-refractivity contribution in [1.82, 2.24) is 0 Å². The minimum atomic E-state index is 0.152. The second-order valence-corrected chi connectivity index (χ2v) is 4.50. The molecular formula is C12H18BrNO2. The number of rotatable bonds is 6. The molecule has 0 aliphatic heterocycles. The minimum Gasteiger partial charge on any atom is -0.493 e. The molecule has 1 atom stereocenters. The Balaban J connectivity index is 2.79. The average molecular weight is 288 g/mol. The van der Waals surface area contributed by atoms with Crippen molar-refractivity contribution >= 4 is 15.9 Å². The third kappa shape index (κ3) is 4.02. The number of methoxy groups -OCH3 is 1. The lowest BCUT2D eigenvalue weighted by Gasteiger charge is -2.12. The summed E-state index contributed by atoms with van der Waals surface area (Å²) in [6.45, 7) is 2.62. The van der Waals surface area contributed by atoms with Crippen LogP contribution in [0, 0.1) is 0 Å². The molecule has 0 saturated carbocycles. The number of nitrogens with two attached hydrogens (primary N) is 1. The Hall–Kier alpha value is -0.740. The summed E-state index contributed by atoms with van der Waals surface area (Å²) in [4.78, 5) is 0. The second kappa shape index (κ2) is 6.76. The number of ether oxygens (including phenoxy) is 2. The van der Waals surface area contributed by atoms with Crippen LogP contribution in [-0.2, 0) is 6.42 Å². The van der Waals surface area contributed by atoms with Crippen molar-refractivity contribution in [2.45, 2.75) is 19.4 Å². The molecule has 0 heterocycles. The summed E-state index contributed by atoms with van der Waals surface area (Å²) in [7, 11) is 1.64. The fraction of sp³-hybridized carbons (Fsp3) is 0.500. The molecule has 0 amide bonds. The van der Waals surface area contributed by atoms with Crippen LogP contribution in [-0.4, -0.2) is 25.1 Å². The Labute approximate surface area is 105 Å². The molecule has 1 aromatic carbocycles. The summed E-state index contributed by atoms with van der Waals surface area (Å²) in [5.41, 5.74) is 6.92. The highest BCUT2D eigenvalue weighted by atomic mass is 79.9. The molecule has 0 aliphatic carbocycles. The highest BCUT2D eigenvalue weighted by molar-refractivity contribution is 9.09. The van der Waals surface area contributed by atoms with Gasteiger partial charge in [-0.15, -0.1) is 0 Å². The maximum absolute atomic E-state index is 5.76. The first kappa shape index (κ1) is 13.3. The van der Waals surface area contributed by atoms with Crippen LogP contribution in [0.25, 0.3) is 0 Å². The molecule has 1 aromatic rings. The number of hydrogen-bond donors (Lipinski definition) is 1. The molecule has 90 valence electrons. The average Bonchev–Trinajstić information content (AvgIpc) is 2.26. The molecular weight excluding hydrogens is 270 g/mol. The quantitative estimate of drug-likeness (QED) is 0.817. The van der Waals surface area contributed by atoms with Gasteiger partial charge in [0.1, 0.15) is 0 Å². The molecule has 4 heteroatoms. The van der Waals surface area contributed by atoms with E-state index in [9.17, 15) is 0 Å². The summed E-state index contributed by atoms with van der Waals surface area (Å²) in [6, 6.07) is 6.08. The van der Waals surface area contributed by atoms with Gasteiger partial charge in [0.25, 0.3) is 0 Å². The van der Waals surface area contributed by atoms with Gasteiger partial charge < -0.3 is 15.2 Å². The van der Waals surface area contributed by atoms with E-state index in [0.717, 1.165) is 28.8 Å². The molecule has 0 spiro atoms. The van der Waals surface area contributed by atoms with Crippen molar-refractivity contribution < 1.29 is 9.47 Å². The molecule has 0 aromatic heterocycles. The van der Waals surface area contributed by atoms with Crippen LogP contribution in [0.5, 0.6) is 11.5 Å². The first-order valence-electron chi connectivity index (χ1n) is 5.28. The van der Waals surface area contributed by atoms with Crippen LogP contribution in [0.4, 0.5) is 0 Å². The summed E-state index contributed by atoms with van der Waals surface area (Å²) >= 11 is 3.32. The van der Waals surface area contributed by atoms with Gasteiger partial charge >= 0.3 is 0 Å². The minimum absolute atomic E-state index is 0.152. The van der Waals surface area contributed by atoms with Crippen molar-refractivity contribution in [2.75, 3.05) is 19.0 Å². The highest BCUT2D eigenvalue weighted by Crippen LogP contribution is 2.28. The van der Waals surface area contributed by atoms with Gasteiger partial charge in [0, 0.05) is 11.4 Å². The summed E-state index contributed by atoms with van der Waals surface area (Å²) < 4.78 is 10.8. The largest absolute Gasteiger partial charge is 0.493 e. The van der Waals surface area contributed by atoms with Gasteiger partial charge in [0.2, 0.25) is 0 Å². The van der Waals surface area contributed by atoms with Crippen molar-refractivity contribution in [3.63, 3.8) is 0 Å². The van der Waals surface area contributed by atoms with E-state index in [1.54, 1.807) is 7.11 Å². The van der Waals surface area contributed by atoms with E-state index in [1.165, 1.54) is 0 Å². The zero-order valence-electron chi connectivity index (χ0n) is 9.70. The van der Waals surface area contributed by atoms with Crippen molar-refractivity contribution in [3.8, 4) is 11.5 Å². The lowest BCUT2D eigenvalue weighted by molar-refractivity contribution is 0.314. The van der Waals surface area contributed by atoms with Crippen LogP contribution in [0.1, 0.15) is 12.5 Å². The third-order valence-electron chi connectivity index (χ3n) is 2.12. The van der Waals surface area contributed by atoms with Gasteiger partial charge in [-0.1, -0.05) is 22.0 Å². The SMILES string of the molecule is COc1cc(CC(C)N)ccc1OCCBr. The Bertz CT molecular complexity index is 329. The number of alkyl halides is 1. The lowest BCUT2D eigenvalue weighted by Crippen LogP contribution is -2.17. The molecule has 0 fully saturated rings. The molecule has 0 saturated heterocycles. The molecule has 0 bridgehead atoms. The molecule has 16 heavy (non-hydrogen) atoms. The predicted molar refractivity (Wildman–Crippen MR) is 69.6 cm³/mol. The fourth-order valence-corrected chi connectivity index (χ4v) is 1.64. The predicted octanol–water partition coefficient (Wildman–Crippen LogP) is 2.36. The van der Waals surface area contributed by atoms with Gasteiger partial charge in [-0.25, -0.2) is 0 Å². The van der Waals surface area contributed by atoms with Gasteiger partial charge in [0.15, 0.2) is 11.5 Å². The summed E-state index contributed by atoms with van der Waals surface area (Å²) in [6.07, 6.45) is 0.842. The molecule has 2 N–H and O–H groups in total. The Morgan fingerprint density at radius 3 is 2.69 bits per heavy atom. The van der Waals surface area contributed by atoms with E-state index in [2.05, 4.69) is 15.9 Å². The zero-order chi connectivity index (χ0) is 12.0. The number of hydrogen-bond acceptors (Lipinski definition) is 3. The maximum atomic E-state index is 5.76. The topological polar surface area (TPSA) is 44.5 Å². The first-order valence-corrected chi connectivity index (χ1v) is 6.40. The van der Waals surface area contributed by atoms with Crippen LogP contribution >= 0.6 is 15.9 Å². The smallest absolute Gasteiger partial charge is 0.161 e. The van der Waals surface area contributed by atoms with E-state index in [1.807, 2.05) is 25.1 Å². The van der Waals surface area contributed by atoms with Crippen LogP contribution < -0.4 is 15.2 Å². The summed E-state index contributed by atoms with van der Waals surface area (Å²) in [5.74, 6) is 1.54. The number of halogens is 1. The molecule has 3 nitrogen and oxygen atoms in total. The molecule has 1 rings (SSSR count). The Morgan fingerprint density at radius 1 is 1.38 bits per heavy atom. The Morgan fingerprint density at radius 2 is 2.12 bits per heavy atom. The molecule has 0 aliphatic rings. The fourth-order valence-electron chi connectivity index (χ4n) is 1.48. The van der Waals surface area contributed by atoms with Crippen molar-refractivity contribution in [1.29, 1.82) is 0 Å².